The molecule has 0 aliphatic carbocycles. The van der Waals surface area contributed by atoms with Gasteiger partial charge in [0.15, 0.2) is 5.13 Å². The average Bonchev–Trinajstić information content (AvgIpc) is 2.85. The summed E-state index contributed by atoms with van der Waals surface area (Å²) < 4.78 is 38.3. The first-order valence-electron chi connectivity index (χ1n) is 5.49. The van der Waals surface area contributed by atoms with Crippen LogP contribution in [0.3, 0.4) is 0 Å². The normalized spacial score (nSPS) is 11.5. The zero-order chi connectivity index (χ0) is 15.6. The first-order chi connectivity index (χ1) is 9.81. The van der Waals surface area contributed by atoms with Crippen molar-refractivity contribution in [2.24, 2.45) is 0 Å². The minimum atomic E-state index is -4.51. The Kier molecular flexibility index (Phi) is 4.90. The van der Waals surface area contributed by atoms with Crippen LogP contribution in [0.15, 0.2) is 28.1 Å². The standard InChI is InChI=1S/C12H7BrClF3N2OS/c13-9-2-1-6(12(15,16)17)3-8(9)10(20)19-11-18-7(4-14)5-21-11/h1-3,5H,4H2,(H,18,19,20). The van der Waals surface area contributed by atoms with Crippen LogP contribution in [0.1, 0.15) is 21.6 Å². The van der Waals surface area contributed by atoms with Crippen LogP contribution < -0.4 is 5.32 Å². The molecule has 0 bridgehead atoms. The maximum absolute atomic E-state index is 12.7. The van der Waals surface area contributed by atoms with Crippen molar-refractivity contribution in [1.29, 1.82) is 0 Å². The first-order valence-corrected chi connectivity index (χ1v) is 7.70. The van der Waals surface area contributed by atoms with Crippen LogP contribution >= 0.6 is 38.9 Å². The number of benzene rings is 1. The van der Waals surface area contributed by atoms with Crippen LogP contribution in [-0.2, 0) is 12.1 Å². The number of nitrogens with one attached hydrogen (secondary N) is 1. The Morgan fingerprint density at radius 3 is 2.71 bits per heavy atom. The molecular weight excluding hydrogens is 393 g/mol. The fourth-order valence-corrected chi connectivity index (χ4v) is 2.83. The highest BCUT2D eigenvalue weighted by Crippen LogP contribution is 2.32. The third-order valence-electron chi connectivity index (χ3n) is 2.45. The molecule has 2 aromatic rings. The highest BCUT2D eigenvalue weighted by Gasteiger charge is 2.31. The Morgan fingerprint density at radius 1 is 1.43 bits per heavy atom. The van der Waals surface area contributed by atoms with Gasteiger partial charge in [0, 0.05) is 9.85 Å². The minimum absolute atomic E-state index is 0.118. The summed E-state index contributed by atoms with van der Waals surface area (Å²) >= 11 is 9.80. The highest BCUT2D eigenvalue weighted by molar-refractivity contribution is 9.10. The lowest BCUT2D eigenvalue weighted by Crippen LogP contribution is -2.14. The molecule has 21 heavy (non-hydrogen) atoms. The van der Waals surface area contributed by atoms with Gasteiger partial charge in [-0.15, -0.1) is 22.9 Å². The molecule has 0 aliphatic heterocycles. The zero-order valence-electron chi connectivity index (χ0n) is 10.2. The van der Waals surface area contributed by atoms with Crippen LogP contribution in [0.2, 0.25) is 0 Å². The largest absolute Gasteiger partial charge is 0.416 e. The van der Waals surface area contributed by atoms with Crippen LogP contribution in [0.25, 0.3) is 0 Å². The van der Waals surface area contributed by atoms with E-state index in [1.54, 1.807) is 5.38 Å². The van der Waals surface area contributed by atoms with Gasteiger partial charge in [0.25, 0.3) is 5.91 Å². The third kappa shape index (κ3) is 3.96. The second kappa shape index (κ2) is 6.33. The number of nitrogens with zero attached hydrogens (tertiary/aromatic N) is 1. The summed E-state index contributed by atoms with van der Waals surface area (Å²) in [6.07, 6.45) is -4.51. The third-order valence-corrected chi connectivity index (χ3v) is 4.22. The van der Waals surface area contributed by atoms with Crippen molar-refractivity contribution in [2.45, 2.75) is 12.1 Å². The van der Waals surface area contributed by atoms with Crippen molar-refractivity contribution in [1.82, 2.24) is 4.98 Å². The van der Waals surface area contributed by atoms with Crippen molar-refractivity contribution in [3.8, 4) is 0 Å². The van der Waals surface area contributed by atoms with Gasteiger partial charge >= 0.3 is 6.18 Å². The van der Waals surface area contributed by atoms with E-state index in [1.165, 1.54) is 6.07 Å². The quantitative estimate of drug-likeness (QED) is 0.745. The number of amides is 1. The van der Waals surface area contributed by atoms with Gasteiger partial charge in [0.2, 0.25) is 0 Å². The lowest BCUT2D eigenvalue weighted by Gasteiger charge is -2.10. The fraction of sp³-hybridized carbons (Fsp3) is 0.167. The summed E-state index contributed by atoms with van der Waals surface area (Å²) in [5.41, 5.74) is -0.427. The summed E-state index contributed by atoms with van der Waals surface area (Å²) in [6.45, 7) is 0. The Hall–Kier alpha value is -1.12. The van der Waals surface area contributed by atoms with E-state index in [9.17, 15) is 18.0 Å². The van der Waals surface area contributed by atoms with Gasteiger partial charge < -0.3 is 0 Å². The van der Waals surface area contributed by atoms with Crippen molar-refractivity contribution >= 4 is 49.9 Å². The molecule has 112 valence electrons. The number of carbonyl (C=O) groups excluding carboxylic acids is 1. The van der Waals surface area contributed by atoms with Crippen molar-refractivity contribution in [3.63, 3.8) is 0 Å². The van der Waals surface area contributed by atoms with E-state index in [0.29, 0.717) is 5.69 Å². The summed E-state index contributed by atoms with van der Waals surface area (Å²) in [6, 6.07) is 2.87. The molecule has 0 unspecified atom stereocenters. The molecule has 1 aromatic heterocycles. The maximum Gasteiger partial charge on any atom is 0.416 e. The number of alkyl halides is 4. The number of carbonyl (C=O) groups is 1. The van der Waals surface area contributed by atoms with Crippen LogP contribution in [0.4, 0.5) is 18.3 Å². The van der Waals surface area contributed by atoms with Crippen molar-refractivity contribution < 1.29 is 18.0 Å². The number of anilines is 1. The molecule has 3 nitrogen and oxygen atoms in total. The van der Waals surface area contributed by atoms with E-state index in [0.717, 1.165) is 23.5 Å². The molecule has 0 atom stereocenters. The van der Waals surface area contributed by atoms with Gasteiger partial charge in [-0.2, -0.15) is 13.2 Å². The Morgan fingerprint density at radius 2 is 2.14 bits per heavy atom. The number of thiazole rings is 1. The number of rotatable bonds is 3. The van der Waals surface area contributed by atoms with Gasteiger partial charge in [-0.05, 0) is 34.1 Å². The highest BCUT2D eigenvalue weighted by atomic mass is 79.9. The van der Waals surface area contributed by atoms with E-state index >= 15 is 0 Å². The predicted molar refractivity (Wildman–Crippen MR) is 78.8 cm³/mol. The Bertz CT molecular complexity index is 675. The molecule has 0 saturated carbocycles. The SMILES string of the molecule is O=C(Nc1nc(CCl)cs1)c1cc(C(F)(F)F)ccc1Br. The molecule has 0 radical (unpaired) electrons. The van der Waals surface area contributed by atoms with E-state index in [-0.39, 0.29) is 21.0 Å². The van der Waals surface area contributed by atoms with Gasteiger partial charge in [0.1, 0.15) is 0 Å². The second-order valence-corrected chi connectivity index (χ2v) is 5.90. The smallest absolute Gasteiger partial charge is 0.298 e. The van der Waals surface area contributed by atoms with Gasteiger partial charge in [-0.1, -0.05) is 0 Å². The Labute approximate surface area is 135 Å². The maximum atomic E-state index is 12.7. The number of halogens is 5. The average molecular weight is 400 g/mol. The lowest BCUT2D eigenvalue weighted by molar-refractivity contribution is -0.137. The molecule has 9 heteroatoms. The molecule has 0 spiro atoms. The minimum Gasteiger partial charge on any atom is -0.298 e. The molecule has 1 heterocycles. The van der Waals surface area contributed by atoms with Crippen molar-refractivity contribution in [2.75, 3.05) is 5.32 Å². The van der Waals surface area contributed by atoms with E-state index in [4.69, 9.17) is 11.6 Å². The summed E-state index contributed by atoms with van der Waals surface area (Å²) in [4.78, 5) is 16.0. The summed E-state index contributed by atoms with van der Waals surface area (Å²) in [7, 11) is 0. The number of aromatic nitrogens is 1. The molecular formula is C12H7BrClF3N2OS. The van der Waals surface area contributed by atoms with Gasteiger partial charge in [-0.25, -0.2) is 4.98 Å². The molecule has 0 aliphatic rings. The first kappa shape index (κ1) is 16.3. The lowest BCUT2D eigenvalue weighted by atomic mass is 10.1. The molecule has 2 rings (SSSR count). The van der Waals surface area contributed by atoms with Crippen LogP contribution in [0, 0.1) is 0 Å². The topological polar surface area (TPSA) is 42.0 Å². The van der Waals surface area contributed by atoms with Gasteiger partial charge in [-0.3, -0.25) is 10.1 Å². The molecule has 1 aromatic carbocycles. The van der Waals surface area contributed by atoms with Crippen LogP contribution in [0.5, 0.6) is 0 Å². The molecule has 0 fully saturated rings. The monoisotopic (exact) mass is 398 g/mol. The summed E-state index contributed by atoms with van der Waals surface area (Å²) in [5.74, 6) is -0.483. The molecule has 1 N–H and O–H groups in total. The zero-order valence-corrected chi connectivity index (χ0v) is 13.3. The molecule has 1 amide bonds. The van der Waals surface area contributed by atoms with E-state index < -0.39 is 17.6 Å². The fourth-order valence-electron chi connectivity index (χ4n) is 1.47. The Balaban J connectivity index is 2.26. The second-order valence-electron chi connectivity index (χ2n) is 3.92. The molecule has 0 saturated heterocycles. The van der Waals surface area contributed by atoms with Crippen molar-refractivity contribution in [3.05, 3.63) is 44.9 Å². The van der Waals surface area contributed by atoms with Crippen LogP contribution in [-0.4, -0.2) is 10.9 Å². The number of hydrogen-bond acceptors (Lipinski definition) is 3. The number of hydrogen-bond donors (Lipinski definition) is 1. The van der Waals surface area contributed by atoms with E-state index in [1.807, 2.05) is 0 Å². The predicted octanol–water partition coefficient (Wildman–Crippen LogP) is 4.92. The van der Waals surface area contributed by atoms with Gasteiger partial charge in [0.05, 0.1) is 22.7 Å². The summed E-state index contributed by atoms with van der Waals surface area (Å²) in [5, 5.41) is 4.38. The van der Waals surface area contributed by atoms with E-state index in [2.05, 4.69) is 26.2 Å².